The number of rotatable bonds is 4. The molecule has 0 fully saturated rings. The highest BCUT2D eigenvalue weighted by molar-refractivity contribution is 6.01. The number of aromatic amines is 1. The van der Waals surface area contributed by atoms with Crippen molar-refractivity contribution >= 4 is 22.5 Å². The predicted octanol–water partition coefficient (Wildman–Crippen LogP) is 1.42. The lowest BCUT2D eigenvalue weighted by Gasteiger charge is -2.07. The van der Waals surface area contributed by atoms with Gasteiger partial charge < -0.3 is 10.6 Å². The highest BCUT2D eigenvalue weighted by Crippen LogP contribution is 2.23. The standard InChI is InChI=1S/C12H16N4O/c1-8-3-4-10(12-9(8)7-14-16-12)15-11(17)5-6-13-2/h3-4,7,13H,5-6H2,1-2H3,(H,14,16)(H,15,17). The molecule has 0 radical (unpaired) electrons. The smallest absolute Gasteiger partial charge is 0.225 e. The number of aryl methyl sites for hydroxylation is 1. The van der Waals surface area contributed by atoms with Gasteiger partial charge in [-0.15, -0.1) is 0 Å². The molecule has 0 atom stereocenters. The SMILES string of the molecule is CNCCC(=O)Nc1ccc(C)c2cn[nH]c12. The van der Waals surface area contributed by atoms with E-state index in [0.29, 0.717) is 13.0 Å². The second-order valence-electron chi connectivity index (χ2n) is 3.99. The molecule has 1 aromatic carbocycles. The van der Waals surface area contributed by atoms with E-state index in [1.54, 1.807) is 6.20 Å². The van der Waals surface area contributed by atoms with E-state index in [1.807, 2.05) is 26.1 Å². The summed E-state index contributed by atoms with van der Waals surface area (Å²) in [6.45, 7) is 2.69. The average Bonchev–Trinajstić information content (AvgIpc) is 2.80. The van der Waals surface area contributed by atoms with E-state index in [4.69, 9.17) is 0 Å². The van der Waals surface area contributed by atoms with Crippen LogP contribution in [-0.2, 0) is 4.79 Å². The van der Waals surface area contributed by atoms with Gasteiger partial charge in [0.1, 0.15) is 0 Å². The Labute approximate surface area is 99.6 Å². The fourth-order valence-corrected chi connectivity index (χ4v) is 1.73. The summed E-state index contributed by atoms with van der Waals surface area (Å²) in [6, 6.07) is 3.87. The molecule has 0 unspecified atom stereocenters. The Morgan fingerprint density at radius 1 is 1.47 bits per heavy atom. The largest absolute Gasteiger partial charge is 0.324 e. The molecule has 0 saturated carbocycles. The molecule has 2 rings (SSSR count). The number of nitrogens with one attached hydrogen (secondary N) is 3. The zero-order valence-corrected chi connectivity index (χ0v) is 10.0. The van der Waals surface area contributed by atoms with Gasteiger partial charge in [0.25, 0.3) is 0 Å². The van der Waals surface area contributed by atoms with E-state index in [9.17, 15) is 4.79 Å². The molecule has 1 aromatic heterocycles. The summed E-state index contributed by atoms with van der Waals surface area (Å²) in [7, 11) is 1.83. The minimum Gasteiger partial charge on any atom is -0.324 e. The van der Waals surface area contributed by atoms with Gasteiger partial charge in [-0.05, 0) is 25.6 Å². The fourth-order valence-electron chi connectivity index (χ4n) is 1.73. The number of aromatic nitrogens is 2. The molecule has 90 valence electrons. The summed E-state index contributed by atoms with van der Waals surface area (Å²) in [4.78, 5) is 11.6. The van der Waals surface area contributed by atoms with Gasteiger partial charge >= 0.3 is 0 Å². The summed E-state index contributed by atoms with van der Waals surface area (Å²) in [6.07, 6.45) is 2.23. The number of H-pyrrole nitrogens is 1. The summed E-state index contributed by atoms with van der Waals surface area (Å²) in [5.41, 5.74) is 2.80. The van der Waals surface area contributed by atoms with Gasteiger partial charge in [-0.3, -0.25) is 9.89 Å². The van der Waals surface area contributed by atoms with E-state index < -0.39 is 0 Å². The highest BCUT2D eigenvalue weighted by Gasteiger charge is 2.08. The first kappa shape index (κ1) is 11.6. The Morgan fingerprint density at radius 3 is 3.06 bits per heavy atom. The van der Waals surface area contributed by atoms with E-state index >= 15 is 0 Å². The molecule has 0 spiro atoms. The number of carbonyl (C=O) groups is 1. The van der Waals surface area contributed by atoms with Crippen LogP contribution in [0.1, 0.15) is 12.0 Å². The first-order chi connectivity index (χ1) is 8.22. The van der Waals surface area contributed by atoms with E-state index in [2.05, 4.69) is 20.8 Å². The zero-order valence-electron chi connectivity index (χ0n) is 10.0. The molecule has 5 nitrogen and oxygen atoms in total. The third-order valence-electron chi connectivity index (χ3n) is 2.71. The van der Waals surface area contributed by atoms with Gasteiger partial charge in [-0.1, -0.05) is 6.07 Å². The van der Waals surface area contributed by atoms with Crippen molar-refractivity contribution in [2.45, 2.75) is 13.3 Å². The van der Waals surface area contributed by atoms with Crippen molar-refractivity contribution < 1.29 is 4.79 Å². The van der Waals surface area contributed by atoms with Crippen LogP contribution >= 0.6 is 0 Å². The quantitative estimate of drug-likeness (QED) is 0.746. The van der Waals surface area contributed by atoms with Crippen LogP contribution in [0.5, 0.6) is 0 Å². The van der Waals surface area contributed by atoms with Crippen LogP contribution in [0.2, 0.25) is 0 Å². The van der Waals surface area contributed by atoms with Crippen molar-refractivity contribution in [3.8, 4) is 0 Å². The van der Waals surface area contributed by atoms with Crippen LogP contribution in [-0.4, -0.2) is 29.7 Å². The number of hydrogen-bond acceptors (Lipinski definition) is 3. The maximum Gasteiger partial charge on any atom is 0.225 e. The Hall–Kier alpha value is -1.88. The maximum atomic E-state index is 11.6. The fraction of sp³-hybridized carbons (Fsp3) is 0.333. The topological polar surface area (TPSA) is 69.8 Å². The van der Waals surface area contributed by atoms with Crippen LogP contribution in [0.3, 0.4) is 0 Å². The van der Waals surface area contributed by atoms with Crippen molar-refractivity contribution in [3.05, 3.63) is 23.9 Å². The summed E-state index contributed by atoms with van der Waals surface area (Å²) < 4.78 is 0. The van der Waals surface area contributed by atoms with E-state index in [1.165, 1.54) is 0 Å². The lowest BCUT2D eigenvalue weighted by molar-refractivity contribution is -0.116. The normalized spacial score (nSPS) is 10.7. The zero-order chi connectivity index (χ0) is 12.3. The molecule has 1 amide bonds. The highest BCUT2D eigenvalue weighted by atomic mass is 16.1. The lowest BCUT2D eigenvalue weighted by atomic mass is 10.1. The predicted molar refractivity (Wildman–Crippen MR) is 68.0 cm³/mol. The van der Waals surface area contributed by atoms with Crippen molar-refractivity contribution in [3.63, 3.8) is 0 Å². The van der Waals surface area contributed by atoms with Gasteiger partial charge in [-0.2, -0.15) is 5.10 Å². The van der Waals surface area contributed by atoms with Crippen molar-refractivity contribution in [2.75, 3.05) is 18.9 Å². The maximum absolute atomic E-state index is 11.6. The second-order valence-corrected chi connectivity index (χ2v) is 3.99. The molecule has 3 N–H and O–H groups in total. The van der Waals surface area contributed by atoms with Crippen LogP contribution in [0.15, 0.2) is 18.3 Å². The molecule has 0 bridgehead atoms. The summed E-state index contributed by atoms with van der Waals surface area (Å²) >= 11 is 0. The van der Waals surface area contributed by atoms with Gasteiger partial charge in [0.2, 0.25) is 5.91 Å². The van der Waals surface area contributed by atoms with Gasteiger partial charge in [0.15, 0.2) is 0 Å². The Bertz CT molecular complexity index is 532. The van der Waals surface area contributed by atoms with E-state index in [0.717, 1.165) is 22.2 Å². The number of carbonyl (C=O) groups excluding carboxylic acids is 1. The number of amides is 1. The lowest BCUT2D eigenvalue weighted by Crippen LogP contribution is -2.18. The molecule has 1 heterocycles. The molecule has 0 aliphatic rings. The number of fused-ring (bicyclic) bond motifs is 1. The molecule has 0 aliphatic carbocycles. The molecule has 0 aliphatic heterocycles. The average molecular weight is 232 g/mol. The van der Waals surface area contributed by atoms with Crippen LogP contribution in [0, 0.1) is 6.92 Å². The number of nitrogens with zero attached hydrogens (tertiary/aromatic N) is 1. The van der Waals surface area contributed by atoms with Crippen molar-refractivity contribution in [1.29, 1.82) is 0 Å². The first-order valence-electron chi connectivity index (χ1n) is 5.59. The Morgan fingerprint density at radius 2 is 2.29 bits per heavy atom. The second kappa shape index (κ2) is 4.97. The van der Waals surface area contributed by atoms with Gasteiger partial charge in [0.05, 0.1) is 17.4 Å². The van der Waals surface area contributed by atoms with Crippen molar-refractivity contribution in [1.82, 2.24) is 15.5 Å². The van der Waals surface area contributed by atoms with Crippen LogP contribution < -0.4 is 10.6 Å². The molecule has 0 saturated heterocycles. The van der Waals surface area contributed by atoms with Crippen molar-refractivity contribution in [2.24, 2.45) is 0 Å². The molecule has 17 heavy (non-hydrogen) atoms. The Kier molecular flexibility index (Phi) is 3.39. The van der Waals surface area contributed by atoms with Gasteiger partial charge in [-0.25, -0.2) is 0 Å². The molecular weight excluding hydrogens is 216 g/mol. The van der Waals surface area contributed by atoms with E-state index in [-0.39, 0.29) is 5.91 Å². The third-order valence-corrected chi connectivity index (χ3v) is 2.71. The molecular formula is C12H16N4O. The van der Waals surface area contributed by atoms with Crippen LogP contribution in [0.4, 0.5) is 5.69 Å². The molecule has 2 aromatic rings. The number of hydrogen-bond donors (Lipinski definition) is 3. The number of anilines is 1. The molecule has 5 heteroatoms. The minimum absolute atomic E-state index is 0.000830. The van der Waals surface area contributed by atoms with Gasteiger partial charge in [0, 0.05) is 18.4 Å². The van der Waals surface area contributed by atoms with Crippen LogP contribution in [0.25, 0.3) is 10.9 Å². The monoisotopic (exact) mass is 232 g/mol. The Balaban J connectivity index is 2.21. The number of benzene rings is 1. The summed E-state index contributed by atoms with van der Waals surface area (Å²) in [5, 5.41) is 13.8. The summed E-state index contributed by atoms with van der Waals surface area (Å²) in [5.74, 6) is -0.000830. The third kappa shape index (κ3) is 2.45. The minimum atomic E-state index is -0.000830. The first-order valence-corrected chi connectivity index (χ1v) is 5.59.